The molecule has 0 aliphatic carbocycles. The summed E-state index contributed by atoms with van der Waals surface area (Å²) in [5, 5.41) is -0.470. The summed E-state index contributed by atoms with van der Waals surface area (Å²) in [5.74, 6) is -1.10. The average Bonchev–Trinajstić information content (AvgIpc) is 3.00. The van der Waals surface area contributed by atoms with Crippen LogP contribution in [0.2, 0.25) is 0 Å². The summed E-state index contributed by atoms with van der Waals surface area (Å²) in [7, 11) is 2.87. The van der Waals surface area contributed by atoms with Crippen LogP contribution < -0.4 is 0 Å². The lowest BCUT2D eigenvalue weighted by atomic mass is 10.2. The molecule has 1 aliphatic heterocycles. The molecule has 8 heteroatoms. The third kappa shape index (κ3) is 3.80. The van der Waals surface area contributed by atoms with Gasteiger partial charge in [-0.3, -0.25) is 14.5 Å². The third-order valence-electron chi connectivity index (χ3n) is 4.17. The predicted molar refractivity (Wildman–Crippen MR) is 95.1 cm³/mol. The standard InChI is InChI=1S/C17H22N2O5S/c1-10-8-13(11(2)18(10)6-7-23-4)9-14-15(20)19(17(22)25-14)12(3)16(21)24-5/h8-9,12H,6-7H2,1-5H3/b14-9+/t12-/m1/s1. The highest BCUT2D eigenvalue weighted by molar-refractivity contribution is 8.18. The molecule has 2 amide bonds. The summed E-state index contributed by atoms with van der Waals surface area (Å²) in [4.78, 5) is 37.6. The minimum atomic E-state index is -0.947. The highest BCUT2D eigenvalue weighted by Gasteiger charge is 2.41. The Kier molecular flexibility index (Phi) is 6.07. The predicted octanol–water partition coefficient (Wildman–Crippen LogP) is 2.35. The Morgan fingerprint density at radius 1 is 1.32 bits per heavy atom. The average molecular weight is 366 g/mol. The van der Waals surface area contributed by atoms with Gasteiger partial charge < -0.3 is 14.0 Å². The minimum absolute atomic E-state index is 0.299. The molecule has 1 fully saturated rings. The number of ether oxygens (including phenoxy) is 2. The molecule has 0 aromatic carbocycles. The molecule has 7 nitrogen and oxygen atoms in total. The molecule has 1 aromatic heterocycles. The van der Waals surface area contributed by atoms with Crippen LogP contribution in [0.15, 0.2) is 11.0 Å². The van der Waals surface area contributed by atoms with Crippen LogP contribution in [-0.4, -0.2) is 53.5 Å². The molecule has 0 unspecified atom stereocenters. The first-order valence-corrected chi connectivity index (χ1v) is 8.64. The fraction of sp³-hybridized carbons (Fsp3) is 0.471. The van der Waals surface area contributed by atoms with Gasteiger partial charge in [-0.1, -0.05) is 0 Å². The van der Waals surface area contributed by atoms with Crippen molar-refractivity contribution in [2.75, 3.05) is 20.8 Å². The number of hydrogen-bond acceptors (Lipinski definition) is 6. The summed E-state index contributed by atoms with van der Waals surface area (Å²) < 4.78 is 11.8. The highest BCUT2D eigenvalue weighted by atomic mass is 32.2. The molecule has 1 atom stereocenters. The number of carbonyl (C=O) groups is 3. The fourth-order valence-corrected chi connectivity index (χ4v) is 3.63. The van der Waals surface area contributed by atoms with Crippen LogP contribution in [0, 0.1) is 13.8 Å². The fourth-order valence-electron chi connectivity index (χ4n) is 2.73. The van der Waals surface area contributed by atoms with Crippen LogP contribution in [0.1, 0.15) is 23.9 Å². The summed E-state index contributed by atoms with van der Waals surface area (Å²) in [5.41, 5.74) is 2.90. The van der Waals surface area contributed by atoms with Crippen LogP contribution >= 0.6 is 11.8 Å². The van der Waals surface area contributed by atoms with Crippen molar-refractivity contribution in [3.8, 4) is 0 Å². The van der Waals surface area contributed by atoms with Crippen LogP contribution in [0.4, 0.5) is 4.79 Å². The summed E-state index contributed by atoms with van der Waals surface area (Å²) in [6.07, 6.45) is 1.69. The molecule has 136 valence electrons. The third-order valence-corrected chi connectivity index (χ3v) is 5.06. The van der Waals surface area contributed by atoms with Crippen molar-refractivity contribution >= 4 is 35.0 Å². The van der Waals surface area contributed by atoms with Crippen molar-refractivity contribution in [1.29, 1.82) is 0 Å². The van der Waals surface area contributed by atoms with E-state index in [0.717, 1.165) is 33.6 Å². The van der Waals surface area contributed by atoms with E-state index in [1.807, 2.05) is 19.9 Å². The molecular formula is C17H22N2O5S. The lowest BCUT2D eigenvalue weighted by Gasteiger charge is -2.18. The number of nitrogens with zero attached hydrogens (tertiary/aromatic N) is 2. The number of hydrogen-bond donors (Lipinski definition) is 0. The van der Waals surface area contributed by atoms with E-state index < -0.39 is 23.2 Å². The van der Waals surface area contributed by atoms with Crippen molar-refractivity contribution in [3.05, 3.63) is 27.9 Å². The van der Waals surface area contributed by atoms with Crippen molar-refractivity contribution in [3.63, 3.8) is 0 Å². The van der Waals surface area contributed by atoms with Gasteiger partial charge in [0.15, 0.2) is 0 Å². The molecule has 2 rings (SSSR count). The molecule has 1 aromatic rings. The van der Waals surface area contributed by atoms with E-state index in [9.17, 15) is 14.4 Å². The van der Waals surface area contributed by atoms with E-state index >= 15 is 0 Å². The Balaban J connectivity index is 2.29. The molecule has 1 saturated heterocycles. The number of amides is 2. The van der Waals surface area contributed by atoms with E-state index in [2.05, 4.69) is 9.30 Å². The Hall–Kier alpha value is -2.06. The second-order valence-corrected chi connectivity index (χ2v) is 6.71. The molecule has 0 saturated carbocycles. The smallest absolute Gasteiger partial charge is 0.328 e. The Morgan fingerprint density at radius 2 is 2.00 bits per heavy atom. The normalized spacial score (nSPS) is 17.5. The second kappa shape index (κ2) is 7.88. The monoisotopic (exact) mass is 366 g/mol. The Morgan fingerprint density at radius 3 is 2.60 bits per heavy atom. The van der Waals surface area contributed by atoms with Gasteiger partial charge in [0.05, 0.1) is 18.6 Å². The molecule has 1 aliphatic rings. The summed E-state index contributed by atoms with van der Waals surface area (Å²) in [6, 6.07) is 1.01. The minimum Gasteiger partial charge on any atom is -0.467 e. The van der Waals surface area contributed by atoms with Gasteiger partial charge in [0, 0.05) is 25.0 Å². The van der Waals surface area contributed by atoms with Gasteiger partial charge in [-0.05, 0) is 50.2 Å². The highest BCUT2D eigenvalue weighted by Crippen LogP contribution is 2.34. The number of carbonyl (C=O) groups excluding carboxylic acids is 3. The molecule has 0 radical (unpaired) electrons. The zero-order chi connectivity index (χ0) is 18.7. The number of rotatable bonds is 6. The molecule has 0 bridgehead atoms. The van der Waals surface area contributed by atoms with Crippen molar-refractivity contribution in [2.24, 2.45) is 0 Å². The maximum atomic E-state index is 12.5. The van der Waals surface area contributed by atoms with Crippen LogP contribution in [0.25, 0.3) is 6.08 Å². The molecule has 0 N–H and O–H groups in total. The number of methoxy groups -OCH3 is 2. The molecule has 0 spiro atoms. The van der Waals surface area contributed by atoms with Crippen molar-refractivity contribution in [2.45, 2.75) is 33.4 Å². The van der Waals surface area contributed by atoms with Gasteiger partial charge in [-0.2, -0.15) is 0 Å². The lowest BCUT2D eigenvalue weighted by molar-refractivity contribution is -0.148. The van der Waals surface area contributed by atoms with E-state index in [0.29, 0.717) is 18.1 Å². The molecular weight excluding hydrogens is 344 g/mol. The van der Waals surface area contributed by atoms with Gasteiger partial charge in [-0.15, -0.1) is 0 Å². The first kappa shape index (κ1) is 19.3. The van der Waals surface area contributed by atoms with Gasteiger partial charge in [0.2, 0.25) is 0 Å². The lowest BCUT2D eigenvalue weighted by Crippen LogP contribution is -2.42. The van der Waals surface area contributed by atoms with Gasteiger partial charge in [0.25, 0.3) is 11.1 Å². The Bertz CT molecular complexity index is 738. The van der Waals surface area contributed by atoms with Crippen molar-refractivity contribution in [1.82, 2.24) is 9.47 Å². The number of thioether (sulfide) groups is 1. The topological polar surface area (TPSA) is 77.8 Å². The summed E-state index contributed by atoms with van der Waals surface area (Å²) in [6.45, 7) is 6.70. The van der Waals surface area contributed by atoms with Crippen LogP contribution in [-0.2, 0) is 25.6 Å². The van der Waals surface area contributed by atoms with E-state index in [-0.39, 0.29) is 0 Å². The van der Waals surface area contributed by atoms with E-state index in [1.165, 1.54) is 14.0 Å². The van der Waals surface area contributed by atoms with E-state index in [1.54, 1.807) is 13.2 Å². The largest absolute Gasteiger partial charge is 0.467 e. The van der Waals surface area contributed by atoms with Crippen LogP contribution in [0.3, 0.4) is 0 Å². The zero-order valence-electron chi connectivity index (χ0n) is 15.0. The quantitative estimate of drug-likeness (QED) is 0.568. The number of imide groups is 1. The van der Waals surface area contributed by atoms with Gasteiger partial charge in [-0.25, -0.2) is 4.79 Å². The SMILES string of the molecule is COCCn1c(C)cc(/C=C2/SC(=O)N([C@H](C)C(=O)OC)C2=O)c1C. The van der Waals surface area contributed by atoms with Crippen LogP contribution in [0.5, 0.6) is 0 Å². The maximum Gasteiger partial charge on any atom is 0.328 e. The maximum absolute atomic E-state index is 12.5. The first-order valence-electron chi connectivity index (χ1n) is 7.82. The Labute approximate surface area is 150 Å². The number of esters is 1. The van der Waals surface area contributed by atoms with Gasteiger partial charge in [0.1, 0.15) is 6.04 Å². The molecule has 25 heavy (non-hydrogen) atoms. The second-order valence-electron chi connectivity index (χ2n) is 5.72. The summed E-state index contributed by atoms with van der Waals surface area (Å²) >= 11 is 0.831. The van der Waals surface area contributed by atoms with E-state index in [4.69, 9.17) is 4.74 Å². The van der Waals surface area contributed by atoms with Crippen molar-refractivity contribution < 1.29 is 23.9 Å². The zero-order valence-corrected chi connectivity index (χ0v) is 15.8. The number of aromatic nitrogens is 1. The number of aryl methyl sites for hydroxylation is 1. The first-order chi connectivity index (χ1) is 11.8. The molecule has 2 heterocycles. The van der Waals surface area contributed by atoms with Gasteiger partial charge >= 0.3 is 5.97 Å².